The fourth-order valence-corrected chi connectivity index (χ4v) is 3.87. The number of H-pyrrole nitrogens is 1. The molecule has 0 saturated carbocycles. The van der Waals surface area contributed by atoms with Gasteiger partial charge in [-0.1, -0.05) is 45.0 Å². The Bertz CT molecular complexity index is 1210. The van der Waals surface area contributed by atoms with Gasteiger partial charge in [-0.25, -0.2) is 9.49 Å². The van der Waals surface area contributed by atoms with Gasteiger partial charge in [0.1, 0.15) is 5.82 Å². The zero-order valence-electron chi connectivity index (χ0n) is 18.9. The molecule has 1 aliphatic heterocycles. The smallest absolute Gasteiger partial charge is 0.272 e. The van der Waals surface area contributed by atoms with Gasteiger partial charge in [0.2, 0.25) is 0 Å². The molecule has 0 spiro atoms. The number of hydrogen-bond acceptors (Lipinski definition) is 4. The van der Waals surface area contributed by atoms with Gasteiger partial charge >= 0.3 is 0 Å². The maximum absolute atomic E-state index is 14.5. The normalized spacial score (nSPS) is 15.6. The third-order valence-corrected chi connectivity index (χ3v) is 6.36. The summed E-state index contributed by atoms with van der Waals surface area (Å²) in [5.41, 5.74) is 1.38. The van der Waals surface area contributed by atoms with Crippen molar-refractivity contribution in [2.45, 2.75) is 46.2 Å². The van der Waals surface area contributed by atoms with Crippen molar-refractivity contribution in [2.24, 2.45) is 5.41 Å². The highest BCUT2D eigenvalue weighted by molar-refractivity contribution is 5.95. The number of aromatic nitrogens is 2. The van der Waals surface area contributed by atoms with Crippen LogP contribution in [0.15, 0.2) is 47.3 Å². The van der Waals surface area contributed by atoms with E-state index < -0.39 is 5.82 Å². The van der Waals surface area contributed by atoms with Gasteiger partial charge in [-0.2, -0.15) is 5.10 Å². The number of fused-ring (bicyclic) bond motifs is 1. The van der Waals surface area contributed by atoms with Crippen molar-refractivity contribution in [2.75, 3.05) is 13.1 Å². The number of hydrogen-bond donors (Lipinski definition) is 2. The molecule has 1 aromatic heterocycles. The van der Waals surface area contributed by atoms with Crippen molar-refractivity contribution in [3.63, 3.8) is 0 Å². The molecule has 32 heavy (non-hydrogen) atoms. The quantitative estimate of drug-likeness (QED) is 0.642. The van der Waals surface area contributed by atoms with Crippen LogP contribution in [0.2, 0.25) is 0 Å². The highest BCUT2D eigenvalue weighted by atomic mass is 19.1. The first kappa shape index (κ1) is 22.1. The molecule has 1 amide bonds. The van der Waals surface area contributed by atoms with E-state index in [-0.39, 0.29) is 28.5 Å². The SMILES string of the molecule is CC(NC1CN(C(=O)c2cc(Cc3n[nH]c(=O)c4ccccc34)ccc2F)C1)C(C)(C)C. The van der Waals surface area contributed by atoms with Crippen LogP contribution in [0.5, 0.6) is 0 Å². The minimum Gasteiger partial charge on any atom is -0.335 e. The molecule has 2 N–H and O–H groups in total. The van der Waals surface area contributed by atoms with Gasteiger partial charge in [0.05, 0.1) is 16.6 Å². The Morgan fingerprint density at radius 3 is 2.59 bits per heavy atom. The zero-order valence-corrected chi connectivity index (χ0v) is 18.9. The number of aromatic amines is 1. The number of rotatable bonds is 5. The van der Waals surface area contributed by atoms with E-state index in [0.717, 1.165) is 10.9 Å². The first-order valence-electron chi connectivity index (χ1n) is 10.9. The van der Waals surface area contributed by atoms with Crippen LogP contribution in [-0.2, 0) is 6.42 Å². The van der Waals surface area contributed by atoms with Crippen molar-refractivity contribution >= 4 is 16.7 Å². The number of carbonyl (C=O) groups is 1. The Labute approximate surface area is 186 Å². The van der Waals surface area contributed by atoms with Crippen molar-refractivity contribution in [1.82, 2.24) is 20.4 Å². The molecular formula is C25H29FN4O2. The number of likely N-dealkylation sites (tertiary alicyclic amines) is 1. The number of nitrogens with zero attached hydrogens (tertiary/aromatic N) is 2. The summed E-state index contributed by atoms with van der Waals surface area (Å²) in [6, 6.07) is 12.3. The fourth-order valence-electron chi connectivity index (χ4n) is 3.87. The van der Waals surface area contributed by atoms with E-state index >= 15 is 0 Å². The van der Waals surface area contributed by atoms with Crippen LogP contribution in [0.1, 0.15) is 49.3 Å². The average Bonchev–Trinajstić information content (AvgIpc) is 2.72. The largest absolute Gasteiger partial charge is 0.335 e. The number of nitrogens with one attached hydrogen (secondary N) is 2. The van der Waals surface area contributed by atoms with Gasteiger partial charge in [-0.05, 0) is 36.1 Å². The van der Waals surface area contributed by atoms with Gasteiger partial charge in [0.25, 0.3) is 11.5 Å². The Kier molecular flexibility index (Phi) is 5.86. The molecule has 2 heterocycles. The van der Waals surface area contributed by atoms with Gasteiger partial charge in [0, 0.05) is 37.0 Å². The van der Waals surface area contributed by atoms with E-state index in [1.165, 1.54) is 6.07 Å². The molecule has 1 atom stereocenters. The summed E-state index contributed by atoms with van der Waals surface area (Å²) in [7, 11) is 0. The van der Waals surface area contributed by atoms with Gasteiger partial charge < -0.3 is 10.2 Å². The van der Waals surface area contributed by atoms with Crippen LogP contribution in [0.25, 0.3) is 10.8 Å². The third kappa shape index (κ3) is 4.43. The number of benzene rings is 2. The lowest BCUT2D eigenvalue weighted by Gasteiger charge is -2.43. The van der Waals surface area contributed by atoms with Crippen LogP contribution in [0, 0.1) is 11.2 Å². The second kappa shape index (κ2) is 8.47. The van der Waals surface area contributed by atoms with E-state index in [0.29, 0.717) is 36.6 Å². The second-order valence-corrected chi connectivity index (χ2v) is 9.70. The summed E-state index contributed by atoms with van der Waals surface area (Å²) in [5, 5.41) is 11.6. The van der Waals surface area contributed by atoms with E-state index in [4.69, 9.17) is 0 Å². The highest BCUT2D eigenvalue weighted by Crippen LogP contribution is 2.23. The van der Waals surface area contributed by atoms with Crippen molar-refractivity contribution in [3.8, 4) is 0 Å². The molecular weight excluding hydrogens is 407 g/mol. The van der Waals surface area contributed by atoms with Crippen LogP contribution < -0.4 is 10.9 Å². The standard InChI is InChI=1S/C25H29FN4O2/c1-15(25(2,3)4)27-17-13-30(14-17)24(32)20-11-16(9-10-21(20)26)12-22-18-7-5-6-8-19(18)23(31)29-28-22/h5-11,15,17,27H,12-14H2,1-4H3,(H,29,31). The van der Waals surface area contributed by atoms with Crippen LogP contribution >= 0.6 is 0 Å². The maximum atomic E-state index is 14.5. The summed E-state index contributed by atoms with van der Waals surface area (Å²) in [5.74, 6) is -0.831. The minimum atomic E-state index is -0.530. The van der Waals surface area contributed by atoms with E-state index in [1.54, 1.807) is 29.2 Å². The topological polar surface area (TPSA) is 78.1 Å². The second-order valence-electron chi connectivity index (χ2n) is 9.70. The van der Waals surface area contributed by atoms with Gasteiger partial charge in [0.15, 0.2) is 0 Å². The highest BCUT2D eigenvalue weighted by Gasteiger charge is 2.34. The summed E-state index contributed by atoms with van der Waals surface area (Å²) >= 11 is 0. The predicted molar refractivity (Wildman–Crippen MR) is 123 cm³/mol. The molecule has 3 aromatic rings. The molecule has 1 saturated heterocycles. The molecule has 0 radical (unpaired) electrons. The molecule has 4 rings (SSSR count). The summed E-state index contributed by atoms with van der Waals surface area (Å²) in [6.07, 6.45) is 0.380. The van der Waals surface area contributed by atoms with Crippen molar-refractivity contribution in [3.05, 3.63) is 75.5 Å². The van der Waals surface area contributed by atoms with Crippen LogP contribution in [0.3, 0.4) is 0 Å². The molecule has 2 aromatic carbocycles. The molecule has 0 bridgehead atoms. The predicted octanol–water partition coefficient (Wildman–Crippen LogP) is 3.50. The Balaban J connectivity index is 1.49. The Hall–Kier alpha value is -3.06. The lowest BCUT2D eigenvalue weighted by Crippen LogP contribution is -2.62. The molecule has 0 aliphatic carbocycles. The summed E-state index contributed by atoms with van der Waals surface area (Å²) < 4.78 is 14.5. The molecule has 7 heteroatoms. The Morgan fingerprint density at radius 2 is 1.91 bits per heavy atom. The number of amides is 1. The number of halogens is 1. The van der Waals surface area contributed by atoms with E-state index in [2.05, 4.69) is 43.2 Å². The first-order chi connectivity index (χ1) is 15.1. The molecule has 1 unspecified atom stereocenters. The summed E-state index contributed by atoms with van der Waals surface area (Å²) in [4.78, 5) is 26.6. The monoisotopic (exact) mass is 436 g/mol. The number of carbonyl (C=O) groups excluding carboxylic acids is 1. The van der Waals surface area contributed by atoms with Crippen molar-refractivity contribution in [1.29, 1.82) is 0 Å². The minimum absolute atomic E-state index is 0.0681. The molecule has 1 aliphatic rings. The molecule has 1 fully saturated rings. The Morgan fingerprint density at radius 1 is 1.22 bits per heavy atom. The molecule has 6 nitrogen and oxygen atoms in total. The first-order valence-corrected chi connectivity index (χ1v) is 10.9. The van der Waals surface area contributed by atoms with Crippen molar-refractivity contribution < 1.29 is 9.18 Å². The average molecular weight is 437 g/mol. The van der Waals surface area contributed by atoms with Crippen LogP contribution in [0.4, 0.5) is 4.39 Å². The lowest BCUT2D eigenvalue weighted by molar-refractivity contribution is 0.0525. The van der Waals surface area contributed by atoms with Gasteiger partial charge in [-0.3, -0.25) is 9.59 Å². The van der Waals surface area contributed by atoms with Crippen LogP contribution in [-0.4, -0.2) is 46.2 Å². The molecule has 168 valence electrons. The maximum Gasteiger partial charge on any atom is 0.272 e. The lowest BCUT2D eigenvalue weighted by atomic mass is 9.87. The fraction of sp³-hybridized carbons (Fsp3) is 0.400. The zero-order chi connectivity index (χ0) is 23.0. The third-order valence-electron chi connectivity index (χ3n) is 6.36. The van der Waals surface area contributed by atoms with E-state index in [9.17, 15) is 14.0 Å². The van der Waals surface area contributed by atoms with E-state index in [1.807, 2.05) is 12.1 Å². The summed E-state index contributed by atoms with van der Waals surface area (Å²) in [6.45, 7) is 9.79. The van der Waals surface area contributed by atoms with Gasteiger partial charge in [-0.15, -0.1) is 0 Å².